The van der Waals surface area contributed by atoms with Crippen molar-refractivity contribution < 1.29 is 19.2 Å². The van der Waals surface area contributed by atoms with Gasteiger partial charge in [0, 0.05) is 25.6 Å². The van der Waals surface area contributed by atoms with Crippen LogP contribution in [0.5, 0.6) is 0 Å². The average Bonchev–Trinajstić information content (AvgIpc) is 2.25. The van der Waals surface area contributed by atoms with E-state index in [2.05, 4.69) is 5.32 Å². The lowest BCUT2D eigenvalue weighted by atomic mass is 10.1. The Kier molecular flexibility index (Phi) is 4.36. The van der Waals surface area contributed by atoms with E-state index in [0.29, 0.717) is 5.69 Å². The molecule has 0 heterocycles. The lowest BCUT2D eigenvalue weighted by Crippen LogP contribution is -2.08. The van der Waals surface area contributed by atoms with Crippen molar-refractivity contribution in [3.8, 4) is 0 Å². The summed E-state index contributed by atoms with van der Waals surface area (Å²) >= 11 is 0. The summed E-state index contributed by atoms with van der Waals surface area (Å²) in [6, 6.07) is 4.07. The van der Waals surface area contributed by atoms with Gasteiger partial charge in [0.05, 0.1) is 10.5 Å². The number of nitro groups is 1. The third-order valence-corrected chi connectivity index (χ3v) is 2.03. The van der Waals surface area contributed by atoms with Crippen molar-refractivity contribution in [1.82, 2.24) is 0 Å². The zero-order valence-corrected chi connectivity index (χ0v) is 9.93. The third-order valence-electron chi connectivity index (χ3n) is 2.03. The molecule has 0 saturated heterocycles. The Bertz CT molecular complexity index is 498. The second-order valence-corrected chi connectivity index (χ2v) is 3.56. The normalized spacial score (nSPS) is 9.67. The fourth-order valence-corrected chi connectivity index (χ4v) is 1.34. The van der Waals surface area contributed by atoms with Gasteiger partial charge in [-0.3, -0.25) is 19.7 Å². The van der Waals surface area contributed by atoms with Crippen LogP contribution in [0.3, 0.4) is 0 Å². The molecule has 1 N–H and O–H groups in total. The number of carbonyl (C=O) groups is 2. The Hall–Kier alpha value is -2.44. The van der Waals surface area contributed by atoms with Crippen molar-refractivity contribution in [1.29, 1.82) is 0 Å². The van der Waals surface area contributed by atoms with E-state index in [-0.39, 0.29) is 23.8 Å². The van der Waals surface area contributed by atoms with Crippen molar-refractivity contribution in [2.24, 2.45) is 0 Å². The average molecular weight is 252 g/mol. The largest absolute Gasteiger partial charge is 0.461 e. The summed E-state index contributed by atoms with van der Waals surface area (Å²) in [5.41, 5.74) is 0.474. The molecule has 0 aliphatic heterocycles. The number of rotatable bonds is 4. The number of hydrogen-bond acceptors (Lipinski definition) is 5. The first-order chi connectivity index (χ1) is 8.40. The minimum atomic E-state index is -0.573. The number of nitrogens with zero attached hydrogens (tertiary/aromatic N) is 1. The van der Waals surface area contributed by atoms with Gasteiger partial charge in [-0.15, -0.1) is 0 Å². The highest BCUT2D eigenvalue weighted by Gasteiger charge is 2.15. The molecule has 0 saturated carbocycles. The van der Waals surface area contributed by atoms with Crippen LogP contribution in [0.1, 0.15) is 19.4 Å². The molecule has 0 spiro atoms. The number of nitro benzene ring substituents is 1. The van der Waals surface area contributed by atoms with Crippen molar-refractivity contribution >= 4 is 23.3 Å². The highest BCUT2D eigenvalue weighted by Crippen LogP contribution is 2.23. The van der Waals surface area contributed by atoms with E-state index in [1.54, 1.807) is 0 Å². The SMILES string of the molecule is CC(=O)Nc1ccc([N+](=O)[O-])c(COC(C)=O)c1. The molecule has 0 aromatic heterocycles. The molecule has 7 nitrogen and oxygen atoms in total. The summed E-state index contributed by atoms with van der Waals surface area (Å²) in [5, 5.41) is 13.3. The van der Waals surface area contributed by atoms with Crippen LogP contribution in [-0.4, -0.2) is 16.8 Å². The number of esters is 1. The molecular formula is C11H12N2O5. The van der Waals surface area contributed by atoms with Gasteiger partial charge in [0.1, 0.15) is 6.61 Å². The highest BCUT2D eigenvalue weighted by molar-refractivity contribution is 5.88. The summed E-state index contributed by atoms with van der Waals surface area (Å²) in [6.07, 6.45) is 0. The number of anilines is 1. The Morgan fingerprint density at radius 1 is 1.39 bits per heavy atom. The number of hydrogen-bond donors (Lipinski definition) is 1. The zero-order chi connectivity index (χ0) is 13.7. The lowest BCUT2D eigenvalue weighted by Gasteiger charge is -2.07. The summed E-state index contributed by atoms with van der Waals surface area (Å²) < 4.78 is 4.72. The molecule has 0 atom stereocenters. The molecule has 0 bridgehead atoms. The minimum absolute atomic E-state index is 0.162. The van der Waals surface area contributed by atoms with E-state index in [9.17, 15) is 19.7 Å². The second kappa shape index (κ2) is 5.76. The molecule has 0 radical (unpaired) electrons. The molecule has 0 unspecified atom stereocenters. The molecule has 0 fully saturated rings. The van der Waals surface area contributed by atoms with Crippen molar-refractivity contribution in [3.63, 3.8) is 0 Å². The van der Waals surface area contributed by atoms with E-state index in [4.69, 9.17) is 4.74 Å². The first kappa shape index (κ1) is 13.6. The van der Waals surface area contributed by atoms with Crippen LogP contribution in [0, 0.1) is 10.1 Å². The molecule has 0 aliphatic rings. The number of ether oxygens (including phenoxy) is 1. The van der Waals surface area contributed by atoms with E-state index >= 15 is 0 Å². The Labute approximate surface area is 103 Å². The molecule has 1 rings (SSSR count). The fraction of sp³-hybridized carbons (Fsp3) is 0.273. The number of benzene rings is 1. The fourth-order valence-electron chi connectivity index (χ4n) is 1.34. The van der Waals surface area contributed by atoms with Crippen LogP contribution in [0.15, 0.2) is 18.2 Å². The Balaban J connectivity index is 3.03. The summed E-state index contributed by atoms with van der Waals surface area (Å²) in [7, 11) is 0. The molecule has 1 aromatic carbocycles. The molecule has 18 heavy (non-hydrogen) atoms. The highest BCUT2D eigenvalue weighted by atomic mass is 16.6. The quantitative estimate of drug-likeness (QED) is 0.498. The van der Waals surface area contributed by atoms with E-state index in [1.165, 1.54) is 32.0 Å². The summed E-state index contributed by atoms with van der Waals surface area (Å²) in [4.78, 5) is 31.8. The van der Waals surface area contributed by atoms with Crippen LogP contribution < -0.4 is 5.32 Å². The monoisotopic (exact) mass is 252 g/mol. The number of carbonyl (C=O) groups excluding carboxylic acids is 2. The Morgan fingerprint density at radius 2 is 2.06 bits per heavy atom. The molecule has 1 amide bonds. The molecular weight excluding hydrogens is 240 g/mol. The van der Waals surface area contributed by atoms with Crippen LogP contribution >= 0.6 is 0 Å². The predicted octanol–water partition coefficient (Wildman–Crippen LogP) is 1.62. The maximum atomic E-state index is 10.9. The van der Waals surface area contributed by atoms with Gasteiger partial charge in [-0.25, -0.2) is 0 Å². The first-order valence-corrected chi connectivity index (χ1v) is 5.08. The second-order valence-electron chi connectivity index (χ2n) is 3.56. The van der Waals surface area contributed by atoms with E-state index in [0.717, 1.165) is 0 Å². The van der Waals surface area contributed by atoms with Crippen LogP contribution in [0.25, 0.3) is 0 Å². The Morgan fingerprint density at radius 3 is 2.56 bits per heavy atom. The summed E-state index contributed by atoms with van der Waals surface area (Å²) in [5.74, 6) is -0.823. The maximum absolute atomic E-state index is 10.9. The van der Waals surface area contributed by atoms with Gasteiger partial charge in [-0.05, 0) is 12.1 Å². The van der Waals surface area contributed by atoms with Gasteiger partial charge >= 0.3 is 5.97 Å². The standard InChI is InChI=1S/C11H12N2O5/c1-7(14)12-10-3-4-11(13(16)17)9(5-10)6-18-8(2)15/h3-5H,6H2,1-2H3,(H,12,14). The smallest absolute Gasteiger partial charge is 0.302 e. The van der Waals surface area contributed by atoms with Gasteiger partial charge in [-0.2, -0.15) is 0 Å². The summed E-state index contributed by atoms with van der Waals surface area (Å²) in [6.45, 7) is 2.33. The van der Waals surface area contributed by atoms with Crippen LogP contribution in [-0.2, 0) is 20.9 Å². The lowest BCUT2D eigenvalue weighted by molar-refractivity contribution is -0.385. The maximum Gasteiger partial charge on any atom is 0.302 e. The van der Waals surface area contributed by atoms with Gasteiger partial charge in [0.15, 0.2) is 0 Å². The zero-order valence-electron chi connectivity index (χ0n) is 9.93. The molecule has 1 aromatic rings. The molecule has 7 heteroatoms. The van der Waals surface area contributed by atoms with Crippen LogP contribution in [0.2, 0.25) is 0 Å². The number of nitrogens with one attached hydrogen (secondary N) is 1. The first-order valence-electron chi connectivity index (χ1n) is 5.08. The van der Waals surface area contributed by atoms with Crippen molar-refractivity contribution in [3.05, 3.63) is 33.9 Å². The minimum Gasteiger partial charge on any atom is -0.461 e. The van der Waals surface area contributed by atoms with Gasteiger partial charge < -0.3 is 10.1 Å². The van der Waals surface area contributed by atoms with E-state index in [1.807, 2.05) is 0 Å². The van der Waals surface area contributed by atoms with Crippen molar-refractivity contribution in [2.75, 3.05) is 5.32 Å². The molecule has 0 aliphatic carbocycles. The predicted molar refractivity (Wildman–Crippen MR) is 62.9 cm³/mol. The topological polar surface area (TPSA) is 98.5 Å². The van der Waals surface area contributed by atoms with Crippen molar-refractivity contribution in [2.45, 2.75) is 20.5 Å². The van der Waals surface area contributed by atoms with E-state index < -0.39 is 10.9 Å². The number of amides is 1. The molecule has 96 valence electrons. The van der Waals surface area contributed by atoms with Gasteiger partial charge in [0.25, 0.3) is 5.69 Å². The van der Waals surface area contributed by atoms with Gasteiger partial charge in [-0.1, -0.05) is 0 Å². The van der Waals surface area contributed by atoms with Gasteiger partial charge in [0.2, 0.25) is 5.91 Å². The third kappa shape index (κ3) is 3.85. The van der Waals surface area contributed by atoms with Crippen LogP contribution in [0.4, 0.5) is 11.4 Å².